The Hall–Kier alpha value is -1.29. The molecule has 0 amide bonds. The molecule has 1 N–H and O–H groups in total. The van der Waals surface area contributed by atoms with Crippen LogP contribution in [-0.4, -0.2) is 16.6 Å². The van der Waals surface area contributed by atoms with Crippen molar-refractivity contribution in [2.75, 3.05) is 12.4 Å². The predicted molar refractivity (Wildman–Crippen MR) is 73.9 cm³/mol. The molecule has 2 heterocycles. The van der Waals surface area contributed by atoms with Gasteiger partial charge in [-0.15, -0.1) is 11.3 Å². The van der Waals surface area contributed by atoms with Crippen LogP contribution in [0, 0.1) is 6.92 Å². The van der Waals surface area contributed by atoms with E-state index >= 15 is 0 Å². The highest BCUT2D eigenvalue weighted by Crippen LogP contribution is 2.30. The van der Waals surface area contributed by atoms with Crippen LogP contribution >= 0.6 is 11.3 Å². The van der Waals surface area contributed by atoms with Gasteiger partial charge < -0.3 is 9.88 Å². The first kappa shape index (κ1) is 12.2. The van der Waals surface area contributed by atoms with Crippen molar-refractivity contribution in [3.63, 3.8) is 0 Å². The molecule has 17 heavy (non-hydrogen) atoms. The second-order valence-electron chi connectivity index (χ2n) is 4.94. The molecule has 92 valence electrons. The summed E-state index contributed by atoms with van der Waals surface area (Å²) in [5.41, 5.74) is 1.18. The number of aromatic nitrogens is 2. The Labute approximate surface area is 107 Å². The standard InChI is InChI=1S/C13H19N3S/c1-10-8-16(12(14-4)15-10)9-13(2,3)11-6-5-7-17-11/h5-8H,9H2,1-4H3,(H,14,15). The average molecular weight is 249 g/mol. The molecule has 0 fully saturated rings. The summed E-state index contributed by atoms with van der Waals surface area (Å²) in [5.74, 6) is 0.937. The molecule has 0 unspecified atom stereocenters. The monoisotopic (exact) mass is 249 g/mol. The lowest BCUT2D eigenvalue weighted by Crippen LogP contribution is -2.23. The minimum absolute atomic E-state index is 0.132. The minimum Gasteiger partial charge on any atom is -0.359 e. The maximum Gasteiger partial charge on any atom is 0.202 e. The van der Waals surface area contributed by atoms with E-state index in [9.17, 15) is 0 Å². The molecule has 2 aromatic rings. The van der Waals surface area contributed by atoms with Gasteiger partial charge in [0.1, 0.15) is 0 Å². The zero-order valence-electron chi connectivity index (χ0n) is 10.8. The molecule has 0 atom stereocenters. The van der Waals surface area contributed by atoms with Crippen LogP contribution in [0.2, 0.25) is 0 Å². The molecule has 0 aliphatic carbocycles. The van der Waals surface area contributed by atoms with Crippen molar-refractivity contribution in [2.24, 2.45) is 0 Å². The van der Waals surface area contributed by atoms with Crippen molar-refractivity contribution >= 4 is 17.3 Å². The second-order valence-corrected chi connectivity index (χ2v) is 5.89. The second kappa shape index (κ2) is 4.53. The first-order valence-corrected chi connectivity index (χ1v) is 6.66. The summed E-state index contributed by atoms with van der Waals surface area (Å²) in [4.78, 5) is 5.86. The number of nitrogens with zero attached hydrogens (tertiary/aromatic N) is 2. The highest BCUT2D eigenvalue weighted by atomic mass is 32.1. The van der Waals surface area contributed by atoms with Gasteiger partial charge in [-0.05, 0) is 18.4 Å². The third kappa shape index (κ3) is 2.52. The van der Waals surface area contributed by atoms with Gasteiger partial charge in [-0.1, -0.05) is 19.9 Å². The van der Waals surface area contributed by atoms with Crippen LogP contribution in [0.1, 0.15) is 24.4 Å². The van der Waals surface area contributed by atoms with Crippen molar-refractivity contribution in [1.29, 1.82) is 0 Å². The summed E-state index contributed by atoms with van der Waals surface area (Å²) in [7, 11) is 1.91. The van der Waals surface area contributed by atoms with Gasteiger partial charge >= 0.3 is 0 Å². The van der Waals surface area contributed by atoms with Gasteiger partial charge in [0.15, 0.2) is 0 Å². The van der Waals surface area contributed by atoms with E-state index in [0.717, 1.165) is 18.2 Å². The van der Waals surface area contributed by atoms with Crippen LogP contribution in [0.3, 0.4) is 0 Å². The number of thiophene rings is 1. The number of anilines is 1. The third-order valence-electron chi connectivity index (χ3n) is 2.87. The topological polar surface area (TPSA) is 29.9 Å². The van der Waals surface area contributed by atoms with Gasteiger partial charge in [0.05, 0.1) is 5.69 Å². The summed E-state index contributed by atoms with van der Waals surface area (Å²) in [6, 6.07) is 4.31. The van der Waals surface area contributed by atoms with E-state index in [0.29, 0.717) is 0 Å². The quantitative estimate of drug-likeness (QED) is 0.901. The number of rotatable bonds is 4. The van der Waals surface area contributed by atoms with Crippen molar-refractivity contribution in [3.05, 3.63) is 34.3 Å². The van der Waals surface area contributed by atoms with Crippen molar-refractivity contribution in [1.82, 2.24) is 9.55 Å². The maximum absolute atomic E-state index is 4.45. The van der Waals surface area contributed by atoms with E-state index < -0.39 is 0 Å². The number of nitrogens with one attached hydrogen (secondary N) is 1. The van der Waals surface area contributed by atoms with Crippen molar-refractivity contribution < 1.29 is 0 Å². The normalized spacial score (nSPS) is 11.8. The van der Waals surface area contributed by atoms with Crippen LogP contribution < -0.4 is 5.32 Å². The molecule has 0 radical (unpaired) electrons. The SMILES string of the molecule is CNc1nc(C)cn1CC(C)(C)c1cccs1. The molecule has 0 saturated heterocycles. The van der Waals surface area contributed by atoms with E-state index in [4.69, 9.17) is 0 Å². The van der Waals surface area contributed by atoms with Gasteiger partial charge in [-0.25, -0.2) is 4.98 Å². The molecule has 0 spiro atoms. The summed E-state index contributed by atoms with van der Waals surface area (Å²) >= 11 is 1.82. The van der Waals surface area contributed by atoms with Crippen LogP contribution in [0.5, 0.6) is 0 Å². The third-order valence-corrected chi connectivity index (χ3v) is 4.11. The zero-order valence-corrected chi connectivity index (χ0v) is 11.6. The van der Waals surface area contributed by atoms with Crippen molar-refractivity contribution in [2.45, 2.75) is 32.7 Å². The molecule has 0 aliphatic rings. The molecule has 4 heteroatoms. The highest BCUT2D eigenvalue weighted by Gasteiger charge is 2.23. The van der Waals surface area contributed by atoms with Gasteiger partial charge in [0.2, 0.25) is 5.95 Å². The lowest BCUT2D eigenvalue weighted by atomic mass is 9.91. The molecular formula is C13H19N3S. The fourth-order valence-corrected chi connectivity index (χ4v) is 2.88. The zero-order chi connectivity index (χ0) is 12.5. The van der Waals surface area contributed by atoms with E-state index in [1.165, 1.54) is 4.88 Å². The molecule has 2 rings (SSSR count). The maximum atomic E-state index is 4.45. The van der Waals surface area contributed by atoms with Crippen LogP contribution in [-0.2, 0) is 12.0 Å². The number of aryl methyl sites for hydroxylation is 1. The number of hydrogen-bond donors (Lipinski definition) is 1. The summed E-state index contributed by atoms with van der Waals surface area (Å²) < 4.78 is 2.19. The van der Waals surface area contributed by atoms with Crippen LogP contribution in [0.25, 0.3) is 0 Å². The Morgan fingerprint density at radius 2 is 2.24 bits per heavy atom. The molecular weight excluding hydrogens is 230 g/mol. The average Bonchev–Trinajstić information content (AvgIpc) is 2.86. The molecule has 0 aliphatic heterocycles. The van der Waals surface area contributed by atoms with Gasteiger partial charge in [-0.3, -0.25) is 0 Å². The molecule has 0 aromatic carbocycles. The van der Waals surface area contributed by atoms with Crippen LogP contribution in [0.4, 0.5) is 5.95 Å². The van der Waals surface area contributed by atoms with E-state index in [-0.39, 0.29) is 5.41 Å². The first-order chi connectivity index (χ1) is 8.03. The Kier molecular flexibility index (Phi) is 3.24. The predicted octanol–water partition coefficient (Wildman–Crippen LogP) is 3.27. The molecule has 0 saturated carbocycles. The van der Waals surface area contributed by atoms with Gasteiger partial charge in [-0.2, -0.15) is 0 Å². The van der Waals surface area contributed by atoms with E-state index in [1.54, 1.807) is 0 Å². The Morgan fingerprint density at radius 3 is 2.82 bits per heavy atom. The highest BCUT2D eigenvalue weighted by molar-refractivity contribution is 7.10. The minimum atomic E-state index is 0.132. The lowest BCUT2D eigenvalue weighted by molar-refractivity contribution is 0.445. The Bertz CT molecular complexity index is 483. The fraction of sp³-hybridized carbons (Fsp3) is 0.462. The lowest BCUT2D eigenvalue weighted by Gasteiger charge is -2.24. The molecule has 2 aromatic heterocycles. The summed E-state index contributed by atoms with van der Waals surface area (Å²) in [6.45, 7) is 7.50. The smallest absolute Gasteiger partial charge is 0.202 e. The number of imidazole rings is 1. The van der Waals surface area contributed by atoms with E-state index in [1.807, 2.05) is 25.3 Å². The van der Waals surface area contributed by atoms with E-state index in [2.05, 4.69) is 52.4 Å². The molecule has 0 bridgehead atoms. The largest absolute Gasteiger partial charge is 0.359 e. The summed E-state index contributed by atoms with van der Waals surface area (Å²) in [6.07, 6.45) is 2.10. The first-order valence-electron chi connectivity index (χ1n) is 5.78. The van der Waals surface area contributed by atoms with Crippen molar-refractivity contribution in [3.8, 4) is 0 Å². The summed E-state index contributed by atoms with van der Waals surface area (Å²) in [5, 5.41) is 5.27. The van der Waals surface area contributed by atoms with Gasteiger partial charge in [0, 0.05) is 30.1 Å². The fourth-order valence-electron chi connectivity index (χ4n) is 2.03. The molecule has 3 nitrogen and oxygen atoms in total. The Morgan fingerprint density at radius 1 is 1.47 bits per heavy atom. The van der Waals surface area contributed by atoms with Gasteiger partial charge in [0.25, 0.3) is 0 Å². The Balaban J connectivity index is 2.25. The van der Waals surface area contributed by atoms with Crippen LogP contribution in [0.15, 0.2) is 23.7 Å². The number of hydrogen-bond acceptors (Lipinski definition) is 3.